The summed E-state index contributed by atoms with van der Waals surface area (Å²) in [5.74, 6) is 1.79. The highest BCUT2D eigenvalue weighted by Crippen LogP contribution is 2.24. The Morgan fingerprint density at radius 1 is 0.923 bits per heavy atom. The fraction of sp³-hybridized carbons (Fsp3) is 0.0952. The van der Waals surface area contributed by atoms with Crippen LogP contribution in [0.4, 0.5) is 5.69 Å². The van der Waals surface area contributed by atoms with Gasteiger partial charge in [0.25, 0.3) is 5.91 Å². The summed E-state index contributed by atoms with van der Waals surface area (Å²) in [6.45, 7) is 1.81. The van der Waals surface area contributed by atoms with Gasteiger partial charge < -0.3 is 14.8 Å². The van der Waals surface area contributed by atoms with E-state index in [0.717, 1.165) is 11.3 Å². The zero-order valence-electron chi connectivity index (χ0n) is 14.2. The second-order valence-corrected chi connectivity index (χ2v) is 6.09. The van der Waals surface area contributed by atoms with Crippen molar-refractivity contribution < 1.29 is 14.3 Å². The molecule has 0 spiro atoms. The average molecular weight is 368 g/mol. The molecule has 0 aliphatic carbocycles. The summed E-state index contributed by atoms with van der Waals surface area (Å²) >= 11 is 6.05. The van der Waals surface area contributed by atoms with Crippen LogP contribution >= 0.6 is 11.6 Å². The molecule has 0 atom stereocenters. The first-order valence-corrected chi connectivity index (χ1v) is 8.50. The number of anilines is 1. The summed E-state index contributed by atoms with van der Waals surface area (Å²) < 4.78 is 11.2. The molecule has 0 bridgehead atoms. The lowest BCUT2D eigenvalue weighted by atomic mass is 10.2. The van der Waals surface area contributed by atoms with Crippen molar-refractivity contribution in [3.63, 3.8) is 0 Å². The number of halogens is 1. The van der Waals surface area contributed by atoms with Crippen LogP contribution in [0.3, 0.4) is 0 Å². The fourth-order valence-corrected chi connectivity index (χ4v) is 2.43. The number of carbonyl (C=O) groups is 1. The van der Waals surface area contributed by atoms with E-state index >= 15 is 0 Å². The van der Waals surface area contributed by atoms with Crippen LogP contribution in [-0.2, 0) is 4.79 Å². The maximum atomic E-state index is 12.0. The topological polar surface area (TPSA) is 47.6 Å². The van der Waals surface area contributed by atoms with Crippen molar-refractivity contribution in [3.8, 4) is 17.2 Å². The van der Waals surface area contributed by atoms with E-state index in [2.05, 4.69) is 5.32 Å². The van der Waals surface area contributed by atoms with Gasteiger partial charge in [-0.05, 0) is 61.0 Å². The van der Waals surface area contributed by atoms with Gasteiger partial charge in [0.1, 0.15) is 17.2 Å². The fourth-order valence-electron chi connectivity index (χ4n) is 2.25. The van der Waals surface area contributed by atoms with Gasteiger partial charge in [0, 0.05) is 10.7 Å². The van der Waals surface area contributed by atoms with Crippen molar-refractivity contribution in [2.24, 2.45) is 0 Å². The van der Waals surface area contributed by atoms with Crippen molar-refractivity contribution >= 4 is 23.2 Å². The van der Waals surface area contributed by atoms with Crippen molar-refractivity contribution in [2.75, 3.05) is 11.9 Å². The quantitative estimate of drug-likeness (QED) is 0.629. The zero-order chi connectivity index (χ0) is 18.4. The van der Waals surface area contributed by atoms with E-state index in [0.29, 0.717) is 22.2 Å². The Morgan fingerprint density at radius 2 is 1.58 bits per heavy atom. The van der Waals surface area contributed by atoms with E-state index in [1.807, 2.05) is 43.3 Å². The first-order valence-electron chi connectivity index (χ1n) is 8.12. The Bertz CT molecular complexity index is 880. The van der Waals surface area contributed by atoms with Gasteiger partial charge in [-0.1, -0.05) is 35.9 Å². The molecular weight excluding hydrogens is 350 g/mol. The van der Waals surface area contributed by atoms with Gasteiger partial charge in [0.05, 0.1) is 0 Å². The molecule has 0 aliphatic rings. The highest BCUT2D eigenvalue weighted by atomic mass is 35.5. The van der Waals surface area contributed by atoms with Gasteiger partial charge in [0.15, 0.2) is 6.61 Å². The second kappa shape index (κ2) is 8.41. The molecule has 0 saturated carbocycles. The minimum absolute atomic E-state index is 0.0929. The van der Waals surface area contributed by atoms with Gasteiger partial charge >= 0.3 is 0 Å². The Labute approximate surface area is 157 Å². The first-order chi connectivity index (χ1) is 12.6. The predicted octanol–water partition coefficient (Wildman–Crippen LogP) is 5.46. The lowest BCUT2D eigenvalue weighted by molar-refractivity contribution is -0.118. The van der Waals surface area contributed by atoms with Crippen LogP contribution in [0, 0.1) is 6.92 Å². The smallest absolute Gasteiger partial charge is 0.262 e. The number of nitrogens with one attached hydrogen (secondary N) is 1. The van der Waals surface area contributed by atoms with E-state index in [1.165, 1.54) is 0 Å². The van der Waals surface area contributed by atoms with E-state index in [9.17, 15) is 4.79 Å². The Morgan fingerprint density at radius 3 is 2.27 bits per heavy atom. The molecule has 0 fully saturated rings. The highest BCUT2D eigenvalue weighted by Gasteiger charge is 2.06. The normalized spacial score (nSPS) is 10.2. The molecule has 4 nitrogen and oxygen atoms in total. The molecule has 0 saturated heterocycles. The third-order valence-corrected chi connectivity index (χ3v) is 4.04. The number of benzene rings is 3. The number of rotatable bonds is 6. The lowest BCUT2D eigenvalue weighted by Gasteiger charge is -2.09. The number of aryl methyl sites for hydroxylation is 1. The number of ether oxygens (including phenoxy) is 2. The number of amides is 1. The molecule has 3 rings (SSSR count). The van der Waals surface area contributed by atoms with Gasteiger partial charge in [-0.2, -0.15) is 0 Å². The third-order valence-electron chi connectivity index (χ3n) is 3.63. The van der Waals surface area contributed by atoms with Gasteiger partial charge in [-0.15, -0.1) is 0 Å². The number of carbonyl (C=O) groups excluding carboxylic acids is 1. The molecule has 0 radical (unpaired) electrons. The van der Waals surface area contributed by atoms with Crippen LogP contribution in [-0.4, -0.2) is 12.5 Å². The Hall–Kier alpha value is -2.98. The number of hydrogen-bond donors (Lipinski definition) is 1. The molecule has 132 valence electrons. The minimum atomic E-state index is -0.255. The number of hydrogen-bond acceptors (Lipinski definition) is 3. The third kappa shape index (κ3) is 5.01. The summed E-state index contributed by atoms with van der Waals surface area (Å²) in [5.41, 5.74) is 1.60. The molecule has 3 aromatic carbocycles. The Balaban J connectivity index is 1.51. The summed E-state index contributed by atoms with van der Waals surface area (Å²) in [7, 11) is 0. The summed E-state index contributed by atoms with van der Waals surface area (Å²) in [6.07, 6.45) is 0. The molecule has 26 heavy (non-hydrogen) atoms. The van der Waals surface area contributed by atoms with E-state index in [-0.39, 0.29) is 12.5 Å². The average Bonchev–Trinajstić information content (AvgIpc) is 2.65. The van der Waals surface area contributed by atoms with Crippen LogP contribution in [0.1, 0.15) is 5.56 Å². The van der Waals surface area contributed by atoms with Crippen LogP contribution in [0.15, 0.2) is 72.8 Å². The predicted molar refractivity (Wildman–Crippen MR) is 103 cm³/mol. The minimum Gasteiger partial charge on any atom is -0.484 e. The second-order valence-electron chi connectivity index (χ2n) is 5.69. The van der Waals surface area contributed by atoms with E-state index < -0.39 is 0 Å². The molecule has 0 aliphatic heterocycles. The molecule has 1 amide bonds. The van der Waals surface area contributed by atoms with Crippen molar-refractivity contribution in [2.45, 2.75) is 6.92 Å². The molecule has 0 heterocycles. The zero-order valence-corrected chi connectivity index (χ0v) is 15.0. The van der Waals surface area contributed by atoms with Crippen LogP contribution < -0.4 is 14.8 Å². The van der Waals surface area contributed by atoms with Crippen molar-refractivity contribution in [1.82, 2.24) is 0 Å². The van der Waals surface area contributed by atoms with E-state index in [4.69, 9.17) is 21.1 Å². The molecular formula is C21H18ClNO3. The van der Waals surface area contributed by atoms with Crippen molar-refractivity contribution in [3.05, 3.63) is 83.4 Å². The summed E-state index contributed by atoms with van der Waals surface area (Å²) in [4.78, 5) is 12.0. The summed E-state index contributed by atoms with van der Waals surface area (Å²) in [5, 5.41) is 3.36. The molecule has 5 heteroatoms. The lowest BCUT2D eigenvalue weighted by Crippen LogP contribution is -2.20. The maximum Gasteiger partial charge on any atom is 0.262 e. The molecule has 3 aromatic rings. The van der Waals surface area contributed by atoms with Crippen LogP contribution in [0.2, 0.25) is 5.02 Å². The van der Waals surface area contributed by atoms with Gasteiger partial charge in [0.2, 0.25) is 0 Å². The van der Waals surface area contributed by atoms with Gasteiger partial charge in [-0.25, -0.2) is 0 Å². The molecule has 0 aromatic heterocycles. The SMILES string of the molecule is Cc1ccc(NC(=O)COc2ccc(Oc3ccccc3)cc2)cc1Cl. The van der Waals surface area contributed by atoms with Crippen molar-refractivity contribution in [1.29, 1.82) is 0 Å². The number of para-hydroxylation sites is 1. The van der Waals surface area contributed by atoms with Gasteiger partial charge in [-0.3, -0.25) is 4.79 Å². The standard InChI is InChI=1S/C21H18ClNO3/c1-15-7-8-16(13-20(15)22)23-21(24)14-25-17-9-11-19(12-10-17)26-18-5-3-2-4-6-18/h2-13H,14H2,1H3,(H,23,24). The molecule has 1 N–H and O–H groups in total. The molecule has 0 unspecified atom stereocenters. The maximum absolute atomic E-state index is 12.0. The summed E-state index contributed by atoms with van der Waals surface area (Å²) in [6, 6.07) is 22.0. The van der Waals surface area contributed by atoms with Crippen LogP contribution in [0.5, 0.6) is 17.2 Å². The Kier molecular flexibility index (Phi) is 5.77. The largest absolute Gasteiger partial charge is 0.484 e. The first kappa shape index (κ1) is 17.8. The highest BCUT2D eigenvalue weighted by molar-refractivity contribution is 6.31. The van der Waals surface area contributed by atoms with Crippen LogP contribution in [0.25, 0.3) is 0 Å². The van der Waals surface area contributed by atoms with E-state index in [1.54, 1.807) is 36.4 Å². The monoisotopic (exact) mass is 367 g/mol.